The van der Waals surface area contributed by atoms with Crippen LogP contribution in [0.3, 0.4) is 0 Å². The Balaban J connectivity index is 1.79. The van der Waals surface area contributed by atoms with Crippen LogP contribution >= 0.6 is 22.9 Å². The summed E-state index contributed by atoms with van der Waals surface area (Å²) in [7, 11) is 1.59. The Bertz CT molecular complexity index is 1310. The van der Waals surface area contributed by atoms with Crippen molar-refractivity contribution in [2.45, 2.75) is 38.5 Å². The third-order valence-electron chi connectivity index (χ3n) is 6.01. The van der Waals surface area contributed by atoms with Gasteiger partial charge < -0.3 is 19.5 Å². The van der Waals surface area contributed by atoms with Crippen LogP contribution in [0.25, 0.3) is 10.2 Å². The zero-order valence-corrected chi connectivity index (χ0v) is 21.2. The zero-order chi connectivity index (χ0) is 24.9. The number of rotatable bonds is 9. The molecule has 2 N–H and O–H groups in total. The minimum atomic E-state index is -0.563. The number of nitrogens with zero attached hydrogens (tertiary/aromatic N) is 1. The van der Waals surface area contributed by atoms with Gasteiger partial charge in [-0.05, 0) is 31.4 Å². The number of methoxy groups -OCH3 is 1. The second-order valence-corrected chi connectivity index (χ2v) is 9.61. The van der Waals surface area contributed by atoms with Crippen molar-refractivity contribution in [1.29, 1.82) is 0 Å². The van der Waals surface area contributed by atoms with Gasteiger partial charge in [-0.2, -0.15) is 0 Å². The lowest BCUT2D eigenvalue weighted by Gasteiger charge is -2.29. The number of aryl methyl sites for hydroxylation is 1. The highest BCUT2D eigenvalue weighted by Gasteiger charge is 2.27. The molecule has 35 heavy (non-hydrogen) atoms. The Morgan fingerprint density at radius 3 is 2.77 bits per heavy atom. The van der Waals surface area contributed by atoms with E-state index in [4.69, 9.17) is 25.8 Å². The number of benzene rings is 1. The second kappa shape index (κ2) is 11.4. The van der Waals surface area contributed by atoms with Crippen LogP contribution in [0.1, 0.15) is 39.7 Å². The molecule has 0 saturated carbocycles. The molecule has 3 heterocycles. The minimum absolute atomic E-state index is 0.0467. The molecule has 4 rings (SSSR count). The number of hydrogen-bond acceptors (Lipinski definition) is 7. The number of halogens is 1. The summed E-state index contributed by atoms with van der Waals surface area (Å²) in [5.74, 6) is 0.578. The first-order valence-electron chi connectivity index (χ1n) is 11.4. The van der Waals surface area contributed by atoms with Crippen molar-refractivity contribution >= 4 is 39.1 Å². The highest BCUT2D eigenvalue weighted by atomic mass is 35.5. The lowest BCUT2D eigenvalue weighted by molar-refractivity contribution is -0.0752. The smallest absolute Gasteiger partial charge is 0.329 e. The first kappa shape index (κ1) is 25.4. The number of aromatic nitrogens is 2. The molecule has 2 aromatic heterocycles. The molecule has 1 aliphatic heterocycles. The van der Waals surface area contributed by atoms with Crippen LogP contribution in [0.15, 0.2) is 33.9 Å². The molecule has 1 saturated heterocycles. The van der Waals surface area contributed by atoms with E-state index in [0.717, 1.165) is 29.7 Å². The molecule has 0 spiro atoms. The number of aromatic amines is 1. The Morgan fingerprint density at radius 2 is 2.06 bits per heavy atom. The molecule has 188 valence electrons. The van der Waals surface area contributed by atoms with E-state index in [2.05, 4.69) is 10.3 Å². The predicted octanol–water partition coefficient (Wildman–Crippen LogP) is 2.97. The summed E-state index contributed by atoms with van der Waals surface area (Å²) in [5.41, 5.74) is 0.227. The monoisotopic (exact) mass is 521 g/mol. The van der Waals surface area contributed by atoms with Crippen molar-refractivity contribution in [2.75, 3.05) is 32.7 Å². The molecule has 3 aromatic rings. The van der Waals surface area contributed by atoms with Crippen molar-refractivity contribution in [1.82, 2.24) is 14.9 Å². The third kappa shape index (κ3) is 5.45. The highest BCUT2D eigenvalue weighted by Crippen LogP contribution is 2.33. The van der Waals surface area contributed by atoms with Gasteiger partial charge in [0.2, 0.25) is 0 Å². The van der Waals surface area contributed by atoms with Gasteiger partial charge in [0.05, 0.1) is 30.0 Å². The van der Waals surface area contributed by atoms with E-state index in [9.17, 15) is 14.4 Å². The van der Waals surface area contributed by atoms with Crippen molar-refractivity contribution in [3.63, 3.8) is 0 Å². The summed E-state index contributed by atoms with van der Waals surface area (Å²) in [6, 6.07) is 7.50. The van der Waals surface area contributed by atoms with Crippen molar-refractivity contribution in [2.24, 2.45) is 0 Å². The third-order valence-corrected chi connectivity index (χ3v) is 7.51. The lowest BCUT2D eigenvalue weighted by Crippen LogP contribution is -2.33. The number of H-pyrrole nitrogens is 1. The quantitative estimate of drug-likeness (QED) is 0.419. The van der Waals surface area contributed by atoms with E-state index < -0.39 is 17.4 Å². The van der Waals surface area contributed by atoms with Gasteiger partial charge in [-0.1, -0.05) is 18.2 Å². The fourth-order valence-corrected chi connectivity index (χ4v) is 5.58. The maximum absolute atomic E-state index is 13.0. The summed E-state index contributed by atoms with van der Waals surface area (Å²) >= 11 is 6.81. The van der Waals surface area contributed by atoms with E-state index >= 15 is 0 Å². The number of carbonyl (C=O) groups is 1. The maximum Gasteiger partial charge on any atom is 0.329 e. The van der Waals surface area contributed by atoms with Gasteiger partial charge in [0.25, 0.3) is 11.5 Å². The van der Waals surface area contributed by atoms with Crippen LogP contribution < -0.4 is 21.3 Å². The number of ether oxygens (including phenoxy) is 3. The molecule has 1 atom stereocenters. The lowest BCUT2D eigenvalue weighted by atomic mass is 10.1. The summed E-state index contributed by atoms with van der Waals surface area (Å²) in [6.07, 6.45) is 0.904. The average Bonchev–Trinajstić information content (AvgIpc) is 3.22. The van der Waals surface area contributed by atoms with Crippen LogP contribution in [0.5, 0.6) is 5.75 Å². The van der Waals surface area contributed by atoms with Crippen molar-refractivity contribution in [3.8, 4) is 5.75 Å². The van der Waals surface area contributed by atoms with Gasteiger partial charge in [-0.15, -0.1) is 22.9 Å². The van der Waals surface area contributed by atoms with Crippen LogP contribution in [-0.2, 0) is 16.0 Å². The average molecular weight is 522 g/mol. The van der Waals surface area contributed by atoms with Gasteiger partial charge >= 0.3 is 5.69 Å². The first-order chi connectivity index (χ1) is 16.9. The molecule has 1 fully saturated rings. The number of thiophene rings is 1. The van der Waals surface area contributed by atoms with Crippen LogP contribution in [0, 0.1) is 6.92 Å². The number of amides is 1. The summed E-state index contributed by atoms with van der Waals surface area (Å²) in [4.78, 5) is 41.6. The van der Waals surface area contributed by atoms with Gasteiger partial charge in [-0.3, -0.25) is 19.1 Å². The van der Waals surface area contributed by atoms with Crippen LogP contribution in [0.4, 0.5) is 0 Å². The predicted molar refractivity (Wildman–Crippen MR) is 135 cm³/mol. The molecule has 0 radical (unpaired) electrons. The van der Waals surface area contributed by atoms with Gasteiger partial charge in [0.1, 0.15) is 16.7 Å². The normalized spacial score (nSPS) is 15.3. The highest BCUT2D eigenvalue weighted by molar-refractivity contribution is 7.20. The van der Waals surface area contributed by atoms with E-state index in [1.807, 2.05) is 24.3 Å². The molecular weight excluding hydrogens is 494 g/mol. The first-order valence-corrected chi connectivity index (χ1v) is 12.8. The summed E-state index contributed by atoms with van der Waals surface area (Å²) in [5, 5.41) is 3.04. The Labute approximate surface area is 211 Å². The molecule has 1 unspecified atom stereocenters. The molecule has 0 aliphatic carbocycles. The van der Waals surface area contributed by atoms with Crippen LogP contribution in [0.2, 0.25) is 0 Å². The molecule has 9 nitrogen and oxygen atoms in total. The van der Waals surface area contributed by atoms with E-state index in [0.29, 0.717) is 46.2 Å². The molecule has 1 amide bonds. The van der Waals surface area contributed by atoms with E-state index in [1.165, 1.54) is 4.57 Å². The molecule has 1 aromatic carbocycles. The Morgan fingerprint density at radius 1 is 1.31 bits per heavy atom. The molecule has 11 heteroatoms. The largest absolute Gasteiger partial charge is 0.496 e. The Kier molecular flexibility index (Phi) is 8.27. The molecule has 0 bridgehead atoms. The number of hydrogen-bond donors (Lipinski definition) is 2. The van der Waals surface area contributed by atoms with Crippen molar-refractivity contribution < 1.29 is 19.0 Å². The van der Waals surface area contributed by atoms with Crippen LogP contribution in [-0.4, -0.2) is 54.3 Å². The fraction of sp³-hybridized carbons (Fsp3) is 0.458. The number of fused-ring (bicyclic) bond motifs is 1. The number of carbonyl (C=O) groups excluding carboxylic acids is 1. The number of para-hydroxylation sites is 1. The Hall–Kier alpha value is -2.66. The standard InChI is InChI=1S/C24H28ClN3O6S/c1-14-19-21(29)27-24(31)28(23(19)35-20(14)22(30)26-10-9-25)13-18(34-15-7-11-33-12-8-15)16-5-3-4-6-17(16)32-2/h3-6,15,18H,7-13H2,1-2H3,(H,26,30)(H,27,29,31). The molecule has 1 aliphatic rings. The maximum atomic E-state index is 13.0. The van der Waals surface area contributed by atoms with E-state index in [1.54, 1.807) is 14.0 Å². The fourth-order valence-electron chi connectivity index (χ4n) is 4.26. The summed E-state index contributed by atoms with van der Waals surface area (Å²) < 4.78 is 19.0. The van der Waals surface area contributed by atoms with Gasteiger partial charge in [0, 0.05) is 31.2 Å². The SMILES string of the molecule is COc1ccccc1C(Cn1c(=O)[nH]c(=O)c2c(C)c(C(=O)NCCCl)sc21)OC1CCOCC1. The second-order valence-electron chi connectivity index (χ2n) is 8.23. The molecular formula is C24H28ClN3O6S. The number of nitrogens with one attached hydrogen (secondary N) is 2. The van der Waals surface area contributed by atoms with Crippen molar-refractivity contribution in [3.05, 3.63) is 61.1 Å². The van der Waals surface area contributed by atoms with Gasteiger partial charge in [-0.25, -0.2) is 4.79 Å². The minimum Gasteiger partial charge on any atom is -0.496 e. The topological polar surface area (TPSA) is 112 Å². The number of alkyl halides is 1. The zero-order valence-electron chi connectivity index (χ0n) is 19.6. The van der Waals surface area contributed by atoms with E-state index in [-0.39, 0.29) is 24.4 Å². The van der Waals surface area contributed by atoms with Gasteiger partial charge in [0.15, 0.2) is 0 Å². The summed E-state index contributed by atoms with van der Waals surface area (Å²) in [6.45, 7) is 3.35.